The topological polar surface area (TPSA) is 96.7 Å². The van der Waals surface area contributed by atoms with Crippen molar-refractivity contribution in [3.8, 4) is 34.4 Å². The molecule has 0 aliphatic carbocycles. The normalized spacial score (nSPS) is 10.5. The zero-order valence-corrected chi connectivity index (χ0v) is 19.5. The van der Waals surface area contributed by atoms with E-state index < -0.39 is 0 Å². The summed E-state index contributed by atoms with van der Waals surface area (Å²) in [5.74, 6) is 3.09. The summed E-state index contributed by atoms with van der Waals surface area (Å²) in [4.78, 5) is 12.5. The van der Waals surface area contributed by atoms with Gasteiger partial charge in [-0.1, -0.05) is 11.8 Å². The van der Waals surface area contributed by atoms with Crippen molar-refractivity contribution in [3.63, 3.8) is 0 Å². The Balaban J connectivity index is 1.73. The lowest BCUT2D eigenvalue weighted by atomic mass is 10.2. The second kappa shape index (κ2) is 10.8. The maximum absolute atomic E-state index is 12.5. The molecule has 1 amide bonds. The summed E-state index contributed by atoms with van der Waals surface area (Å²) in [6.45, 7) is 2.65. The van der Waals surface area contributed by atoms with Crippen molar-refractivity contribution in [2.24, 2.45) is 0 Å². The van der Waals surface area contributed by atoms with Crippen molar-refractivity contribution in [1.82, 2.24) is 14.8 Å². The van der Waals surface area contributed by atoms with Gasteiger partial charge in [-0.25, -0.2) is 0 Å². The second-order valence-electron chi connectivity index (χ2n) is 6.52. The number of hydrogen-bond acceptors (Lipinski definition) is 8. The number of carbonyl (C=O) groups is 1. The molecule has 32 heavy (non-hydrogen) atoms. The summed E-state index contributed by atoms with van der Waals surface area (Å²) in [6, 6.07) is 10.8. The van der Waals surface area contributed by atoms with Gasteiger partial charge in [0.05, 0.1) is 39.9 Å². The minimum atomic E-state index is -0.184. The van der Waals surface area contributed by atoms with E-state index in [1.807, 2.05) is 29.7 Å². The first kappa shape index (κ1) is 23.3. The largest absolute Gasteiger partial charge is 0.497 e. The Labute approximate surface area is 191 Å². The maximum Gasteiger partial charge on any atom is 0.234 e. The Morgan fingerprint density at radius 3 is 2.34 bits per heavy atom. The van der Waals surface area contributed by atoms with Gasteiger partial charge in [0.15, 0.2) is 22.5 Å². The maximum atomic E-state index is 12.5. The highest BCUT2D eigenvalue weighted by Gasteiger charge is 2.17. The number of hydrogen-bond donors (Lipinski definition) is 1. The van der Waals surface area contributed by atoms with Gasteiger partial charge < -0.3 is 28.8 Å². The van der Waals surface area contributed by atoms with E-state index in [0.29, 0.717) is 46.2 Å². The molecule has 1 heterocycles. The summed E-state index contributed by atoms with van der Waals surface area (Å²) < 4.78 is 23.2. The Kier molecular flexibility index (Phi) is 7.82. The lowest BCUT2D eigenvalue weighted by Crippen LogP contribution is -2.15. The Morgan fingerprint density at radius 2 is 1.69 bits per heavy atom. The Morgan fingerprint density at radius 1 is 0.938 bits per heavy atom. The molecule has 0 radical (unpaired) electrons. The predicted molar refractivity (Wildman–Crippen MR) is 123 cm³/mol. The number of nitrogens with one attached hydrogen (secondary N) is 1. The van der Waals surface area contributed by atoms with Crippen LogP contribution in [-0.2, 0) is 11.3 Å². The average molecular weight is 459 g/mol. The van der Waals surface area contributed by atoms with Gasteiger partial charge in [0, 0.05) is 18.2 Å². The van der Waals surface area contributed by atoms with Gasteiger partial charge in [-0.3, -0.25) is 4.79 Å². The molecule has 0 aliphatic heterocycles. The summed E-state index contributed by atoms with van der Waals surface area (Å²) in [6.07, 6.45) is 0. The molecule has 0 spiro atoms. The van der Waals surface area contributed by atoms with Crippen LogP contribution in [0.4, 0.5) is 5.69 Å². The lowest BCUT2D eigenvalue weighted by molar-refractivity contribution is -0.113. The zero-order chi connectivity index (χ0) is 23.1. The fourth-order valence-corrected chi connectivity index (χ4v) is 3.89. The molecule has 9 nitrogen and oxygen atoms in total. The predicted octanol–water partition coefficient (Wildman–Crippen LogP) is 3.73. The molecule has 170 valence electrons. The van der Waals surface area contributed by atoms with Crippen LogP contribution in [0.2, 0.25) is 0 Å². The molecule has 0 bridgehead atoms. The molecule has 0 atom stereocenters. The van der Waals surface area contributed by atoms with Gasteiger partial charge in [0.25, 0.3) is 0 Å². The van der Waals surface area contributed by atoms with Crippen LogP contribution in [0.5, 0.6) is 23.0 Å². The van der Waals surface area contributed by atoms with E-state index in [1.165, 1.54) is 11.8 Å². The van der Waals surface area contributed by atoms with Crippen molar-refractivity contribution in [3.05, 3.63) is 36.4 Å². The van der Waals surface area contributed by atoms with E-state index in [2.05, 4.69) is 15.5 Å². The third kappa shape index (κ3) is 5.08. The van der Waals surface area contributed by atoms with E-state index >= 15 is 0 Å². The van der Waals surface area contributed by atoms with Gasteiger partial charge in [-0.15, -0.1) is 10.2 Å². The van der Waals surface area contributed by atoms with E-state index in [-0.39, 0.29) is 11.7 Å². The fourth-order valence-electron chi connectivity index (χ4n) is 3.09. The minimum Gasteiger partial charge on any atom is -0.497 e. The molecule has 10 heteroatoms. The number of carbonyl (C=O) groups excluding carboxylic acids is 1. The SMILES string of the molecule is CCn1c(SCC(=O)Nc2ccc(OC)cc2OC)nnc1-c1ccc(OC)c(OC)c1. The first-order valence-electron chi connectivity index (χ1n) is 9.84. The third-order valence-electron chi connectivity index (χ3n) is 4.69. The highest BCUT2D eigenvalue weighted by atomic mass is 32.2. The highest BCUT2D eigenvalue weighted by molar-refractivity contribution is 7.99. The molecule has 0 saturated carbocycles. The van der Waals surface area contributed by atoms with Crippen LogP contribution in [0.3, 0.4) is 0 Å². The molecule has 1 aromatic heterocycles. The van der Waals surface area contributed by atoms with Crippen LogP contribution in [0.1, 0.15) is 6.92 Å². The molecular formula is C22H26N4O5S. The van der Waals surface area contributed by atoms with E-state index in [0.717, 1.165) is 5.56 Å². The summed E-state index contributed by atoms with van der Waals surface area (Å²) in [5, 5.41) is 12.1. The van der Waals surface area contributed by atoms with E-state index in [9.17, 15) is 4.79 Å². The molecule has 0 unspecified atom stereocenters. The lowest BCUT2D eigenvalue weighted by Gasteiger charge is -2.12. The third-order valence-corrected chi connectivity index (χ3v) is 5.66. The van der Waals surface area contributed by atoms with Crippen molar-refractivity contribution >= 4 is 23.4 Å². The Hall–Kier alpha value is -3.40. The molecule has 3 aromatic rings. The first-order chi connectivity index (χ1) is 15.5. The average Bonchev–Trinajstić information content (AvgIpc) is 3.25. The fraction of sp³-hybridized carbons (Fsp3) is 0.318. The number of methoxy groups -OCH3 is 4. The molecule has 0 saturated heterocycles. The van der Waals surface area contributed by atoms with E-state index in [1.54, 1.807) is 46.6 Å². The number of aromatic nitrogens is 3. The number of amides is 1. The number of rotatable bonds is 10. The Bertz CT molecular complexity index is 1090. The van der Waals surface area contributed by atoms with Crippen LogP contribution < -0.4 is 24.3 Å². The quantitative estimate of drug-likeness (QED) is 0.459. The van der Waals surface area contributed by atoms with Crippen LogP contribution in [0.25, 0.3) is 11.4 Å². The van der Waals surface area contributed by atoms with Crippen molar-refractivity contribution in [2.75, 3.05) is 39.5 Å². The van der Waals surface area contributed by atoms with Crippen LogP contribution in [-0.4, -0.2) is 54.9 Å². The van der Waals surface area contributed by atoms with Crippen LogP contribution >= 0.6 is 11.8 Å². The van der Waals surface area contributed by atoms with Crippen LogP contribution in [0, 0.1) is 0 Å². The minimum absolute atomic E-state index is 0.166. The monoisotopic (exact) mass is 458 g/mol. The molecule has 0 aliphatic rings. The highest BCUT2D eigenvalue weighted by Crippen LogP contribution is 2.33. The standard InChI is InChI=1S/C22H26N4O5S/c1-6-26-21(14-7-10-17(29-3)19(11-14)31-5)24-25-22(26)32-13-20(27)23-16-9-8-15(28-2)12-18(16)30-4/h7-12H,6,13H2,1-5H3,(H,23,27). The van der Waals surface area contributed by atoms with Crippen LogP contribution in [0.15, 0.2) is 41.6 Å². The number of nitrogens with zero attached hydrogens (tertiary/aromatic N) is 3. The summed E-state index contributed by atoms with van der Waals surface area (Å²) in [5.41, 5.74) is 1.41. The van der Waals surface area contributed by atoms with Crippen molar-refractivity contribution < 1.29 is 23.7 Å². The zero-order valence-electron chi connectivity index (χ0n) is 18.7. The van der Waals surface area contributed by atoms with Gasteiger partial charge in [-0.2, -0.15) is 0 Å². The summed E-state index contributed by atoms with van der Waals surface area (Å²) >= 11 is 1.31. The smallest absolute Gasteiger partial charge is 0.234 e. The first-order valence-corrected chi connectivity index (χ1v) is 10.8. The molecule has 0 fully saturated rings. The van der Waals surface area contributed by atoms with Crippen molar-refractivity contribution in [2.45, 2.75) is 18.6 Å². The molecule has 1 N–H and O–H groups in total. The van der Waals surface area contributed by atoms with Gasteiger partial charge >= 0.3 is 0 Å². The molecule has 3 rings (SSSR count). The van der Waals surface area contributed by atoms with Gasteiger partial charge in [-0.05, 0) is 37.3 Å². The molecule has 2 aromatic carbocycles. The number of thioether (sulfide) groups is 1. The summed E-state index contributed by atoms with van der Waals surface area (Å²) in [7, 11) is 6.29. The molecular weight excluding hydrogens is 432 g/mol. The number of ether oxygens (including phenoxy) is 4. The number of benzene rings is 2. The van der Waals surface area contributed by atoms with Crippen molar-refractivity contribution in [1.29, 1.82) is 0 Å². The van der Waals surface area contributed by atoms with Gasteiger partial charge in [0.2, 0.25) is 5.91 Å². The second-order valence-corrected chi connectivity index (χ2v) is 7.47. The van der Waals surface area contributed by atoms with Gasteiger partial charge in [0.1, 0.15) is 11.5 Å². The number of anilines is 1. The van der Waals surface area contributed by atoms with E-state index in [4.69, 9.17) is 18.9 Å².